The van der Waals surface area contributed by atoms with Crippen LogP contribution in [0.5, 0.6) is 23.0 Å². The summed E-state index contributed by atoms with van der Waals surface area (Å²) in [6.45, 7) is 0.842. The van der Waals surface area contributed by atoms with E-state index < -0.39 is 47.6 Å². The molecule has 36 heavy (non-hydrogen) atoms. The van der Waals surface area contributed by atoms with Crippen LogP contribution in [0.25, 0.3) is 32.7 Å². The third-order valence-electron chi connectivity index (χ3n) is 5.92. The molecule has 4 atom stereocenters. The standard InChI is InChI=1S/C23H20O13/c1-7(24)32-6-12-15(26)16(27)23(34-12)33-11-5-9-14-13-8(21(28)36-20(14)18(11)31-3)4-10(25)17(30-2)19(13)35-22(9)29/h4-5,12,15-16,23,25-27H,6H2,1-3H3/t12-,15-,16+,23+/m0/s1. The summed E-state index contributed by atoms with van der Waals surface area (Å²) < 4.78 is 37.5. The first-order chi connectivity index (χ1) is 17.2. The molecule has 3 N–H and O–H groups in total. The molecule has 0 unspecified atom stereocenters. The Balaban J connectivity index is 1.69. The molecule has 0 aliphatic carbocycles. The highest BCUT2D eigenvalue weighted by atomic mass is 16.7. The highest BCUT2D eigenvalue weighted by Gasteiger charge is 2.45. The van der Waals surface area contributed by atoms with Crippen LogP contribution in [0.3, 0.4) is 0 Å². The van der Waals surface area contributed by atoms with Crippen LogP contribution in [0.15, 0.2) is 30.6 Å². The van der Waals surface area contributed by atoms with E-state index in [2.05, 4.69) is 0 Å². The van der Waals surface area contributed by atoms with Gasteiger partial charge in [-0.15, -0.1) is 0 Å². The van der Waals surface area contributed by atoms with E-state index in [1.807, 2.05) is 0 Å². The van der Waals surface area contributed by atoms with Crippen molar-refractivity contribution in [2.75, 3.05) is 20.8 Å². The number of ether oxygens (including phenoxy) is 5. The normalized spacial score (nSPS) is 21.9. The molecule has 3 heterocycles. The van der Waals surface area contributed by atoms with Gasteiger partial charge >= 0.3 is 17.2 Å². The largest absolute Gasteiger partial charge is 0.504 e. The number of aliphatic hydroxyl groups excluding tert-OH is 2. The van der Waals surface area contributed by atoms with Crippen molar-refractivity contribution in [1.29, 1.82) is 0 Å². The summed E-state index contributed by atoms with van der Waals surface area (Å²) in [7, 11) is 2.52. The first kappa shape index (κ1) is 23.7. The molecular weight excluding hydrogens is 484 g/mol. The summed E-state index contributed by atoms with van der Waals surface area (Å²) in [5, 5.41) is 31.1. The molecule has 0 amide bonds. The van der Waals surface area contributed by atoms with Crippen LogP contribution >= 0.6 is 0 Å². The summed E-state index contributed by atoms with van der Waals surface area (Å²) in [5.41, 5.74) is -2.08. The average molecular weight is 504 g/mol. The minimum Gasteiger partial charge on any atom is -0.504 e. The zero-order chi connectivity index (χ0) is 25.9. The van der Waals surface area contributed by atoms with E-state index in [1.165, 1.54) is 27.2 Å². The zero-order valence-electron chi connectivity index (χ0n) is 19.1. The highest BCUT2D eigenvalue weighted by Crippen LogP contribution is 2.46. The van der Waals surface area contributed by atoms with Crippen LogP contribution in [0.1, 0.15) is 6.92 Å². The van der Waals surface area contributed by atoms with Gasteiger partial charge in [0.15, 0.2) is 22.7 Å². The number of esters is 1. The molecule has 0 radical (unpaired) electrons. The second kappa shape index (κ2) is 8.55. The van der Waals surface area contributed by atoms with Crippen LogP contribution in [-0.4, -0.2) is 66.7 Å². The minimum absolute atomic E-state index is 0.0637. The van der Waals surface area contributed by atoms with Gasteiger partial charge in [-0.25, -0.2) is 9.59 Å². The maximum atomic E-state index is 12.9. The molecule has 13 nitrogen and oxygen atoms in total. The number of carbonyl (C=O) groups excluding carboxylic acids is 1. The maximum Gasteiger partial charge on any atom is 0.344 e. The first-order valence-corrected chi connectivity index (χ1v) is 10.6. The number of aliphatic hydroxyl groups is 2. The van der Waals surface area contributed by atoms with Gasteiger partial charge in [-0.2, -0.15) is 0 Å². The molecule has 2 aromatic carbocycles. The van der Waals surface area contributed by atoms with E-state index in [0.717, 1.165) is 6.07 Å². The SMILES string of the molecule is COc1c(O)cc2c(=O)oc3c(OC)c(O[C@@H]4O[C@@H](COC(C)=O)[C@H](O)[C@H]4O)cc4c(=O)oc1c2c34. The van der Waals surface area contributed by atoms with Gasteiger partial charge < -0.3 is 47.8 Å². The summed E-state index contributed by atoms with van der Waals surface area (Å²) >= 11 is 0. The smallest absolute Gasteiger partial charge is 0.344 e. The van der Waals surface area contributed by atoms with Gasteiger partial charge in [0.2, 0.25) is 17.8 Å². The predicted octanol–water partition coefficient (Wildman–Crippen LogP) is 0.602. The molecule has 0 saturated carbocycles. The van der Waals surface area contributed by atoms with E-state index in [4.69, 9.17) is 32.5 Å². The third-order valence-corrected chi connectivity index (χ3v) is 5.92. The van der Waals surface area contributed by atoms with Crippen LogP contribution in [0.2, 0.25) is 0 Å². The molecule has 190 valence electrons. The Morgan fingerprint density at radius 1 is 0.944 bits per heavy atom. The number of phenolic OH excluding ortho intramolecular Hbond substituents is 1. The molecule has 13 heteroatoms. The van der Waals surface area contributed by atoms with Gasteiger partial charge in [0.25, 0.3) is 0 Å². The van der Waals surface area contributed by atoms with Crippen LogP contribution < -0.4 is 25.5 Å². The van der Waals surface area contributed by atoms with Crippen LogP contribution in [0.4, 0.5) is 0 Å². The van der Waals surface area contributed by atoms with Crippen molar-refractivity contribution in [2.45, 2.75) is 31.5 Å². The molecule has 5 rings (SSSR count). The van der Waals surface area contributed by atoms with Gasteiger partial charge in [0.1, 0.15) is 24.9 Å². The maximum absolute atomic E-state index is 12.9. The molecule has 0 bridgehead atoms. The fraction of sp³-hybridized carbons (Fsp3) is 0.348. The number of phenols is 1. The fourth-order valence-electron chi connectivity index (χ4n) is 4.30. The van der Waals surface area contributed by atoms with Crippen molar-refractivity contribution >= 4 is 38.7 Å². The van der Waals surface area contributed by atoms with Crippen molar-refractivity contribution in [2.24, 2.45) is 0 Å². The topological polar surface area (TPSA) is 184 Å². The molecule has 4 aromatic rings. The minimum atomic E-state index is -1.56. The lowest BCUT2D eigenvalue weighted by Crippen LogP contribution is -2.36. The Morgan fingerprint density at radius 3 is 2.11 bits per heavy atom. The van der Waals surface area contributed by atoms with E-state index in [-0.39, 0.29) is 56.6 Å². The predicted molar refractivity (Wildman–Crippen MR) is 120 cm³/mol. The number of hydrogen-bond acceptors (Lipinski definition) is 13. The molecule has 1 aliphatic heterocycles. The number of methoxy groups -OCH3 is 2. The molecule has 2 aromatic heterocycles. The molecular formula is C23H20O13. The Kier molecular flexibility index (Phi) is 5.62. The summed E-state index contributed by atoms with van der Waals surface area (Å²) in [4.78, 5) is 36.8. The summed E-state index contributed by atoms with van der Waals surface area (Å²) in [5.74, 6) is -1.47. The van der Waals surface area contributed by atoms with E-state index in [1.54, 1.807) is 0 Å². The number of benzene rings is 2. The Labute approximate surface area is 200 Å². The monoisotopic (exact) mass is 504 g/mol. The van der Waals surface area contributed by atoms with Crippen molar-refractivity contribution in [1.82, 2.24) is 0 Å². The second-order valence-corrected chi connectivity index (χ2v) is 8.06. The Bertz CT molecular complexity index is 1600. The molecule has 0 spiro atoms. The number of carbonyl (C=O) groups is 1. The Hall–Kier alpha value is -4.07. The fourth-order valence-corrected chi connectivity index (χ4v) is 4.30. The number of hydrogen-bond donors (Lipinski definition) is 3. The number of aromatic hydroxyl groups is 1. The molecule has 1 fully saturated rings. The summed E-state index contributed by atoms with van der Waals surface area (Å²) in [6, 6.07) is 2.38. The van der Waals surface area contributed by atoms with Gasteiger partial charge in [0, 0.05) is 17.7 Å². The van der Waals surface area contributed by atoms with Crippen molar-refractivity contribution in [3.8, 4) is 23.0 Å². The molecule has 1 aliphatic rings. The van der Waals surface area contributed by atoms with Crippen molar-refractivity contribution in [3.05, 3.63) is 33.0 Å². The molecule has 1 saturated heterocycles. The number of rotatable bonds is 6. The third kappa shape index (κ3) is 3.47. The average Bonchev–Trinajstić information content (AvgIpc) is 3.10. The summed E-state index contributed by atoms with van der Waals surface area (Å²) in [6.07, 6.45) is -5.56. The van der Waals surface area contributed by atoms with Crippen molar-refractivity contribution < 1.29 is 52.6 Å². The van der Waals surface area contributed by atoms with Crippen LogP contribution in [-0.2, 0) is 14.3 Å². The van der Waals surface area contributed by atoms with E-state index in [0.29, 0.717) is 0 Å². The first-order valence-electron chi connectivity index (χ1n) is 10.6. The quantitative estimate of drug-likeness (QED) is 0.189. The van der Waals surface area contributed by atoms with Crippen molar-refractivity contribution in [3.63, 3.8) is 0 Å². The second-order valence-electron chi connectivity index (χ2n) is 8.06. The van der Waals surface area contributed by atoms with Gasteiger partial charge in [0.05, 0.1) is 25.0 Å². The van der Waals surface area contributed by atoms with Gasteiger partial charge in [-0.05, 0) is 12.1 Å². The van der Waals surface area contributed by atoms with E-state index in [9.17, 15) is 29.7 Å². The zero-order valence-corrected chi connectivity index (χ0v) is 19.1. The lowest BCUT2D eigenvalue weighted by Gasteiger charge is -2.20. The Morgan fingerprint density at radius 2 is 1.53 bits per heavy atom. The lowest BCUT2D eigenvalue weighted by atomic mass is 10.0. The van der Waals surface area contributed by atoms with Gasteiger partial charge in [-0.3, -0.25) is 4.79 Å². The lowest BCUT2D eigenvalue weighted by molar-refractivity contribution is -0.151. The van der Waals surface area contributed by atoms with Gasteiger partial charge in [-0.1, -0.05) is 0 Å². The van der Waals surface area contributed by atoms with E-state index >= 15 is 0 Å². The van der Waals surface area contributed by atoms with Crippen LogP contribution in [0, 0.1) is 0 Å². The highest BCUT2D eigenvalue weighted by molar-refractivity contribution is 6.22.